The van der Waals surface area contributed by atoms with E-state index in [1.54, 1.807) is 28.0 Å². The van der Waals surface area contributed by atoms with E-state index in [-0.39, 0.29) is 17.9 Å². The summed E-state index contributed by atoms with van der Waals surface area (Å²) < 4.78 is 0. The van der Waals surface area contributed by atoms with Crippen molar-refractivity contribution in [2.24, 2.45) is 0 Å². The number of nitrogens with zero attached hydrogens (tertiary/aromatic N) is 1. The van der Waals surface area contributed by atoms with E-state index in [0.717, 1.165) is 23.5 Å². The van der Waals surface area contributed by atoms with E-state index in [4.69, 9.17) is 0 Å². The Labute approximate surface area is 163 Å². The van der Waals surface area contributed by atoms with Crippen molar-refractivity contribution in [3.8, 4) is 0 Å². The van der Waals surface area contributed by atoms with Gasteiger partial charge in [0.15, 0.2) is 0 Å². The molecule has 1 saturated heterocycles. The van der Waals surface area contributed by atoms with E-state index < -0.39 is 0 Å². The van der Waals surface area contributed by atoms with Crippen LogP contribution in [-0.2, 0) is 16.0 Å². The van der Waals surface area contributed by atoms with Gasteiger partial charge in [0, 0.05) is 28.6 Å². The van der Waals surface area contributed by atoms with Crippen molar-refractivity contribution in [2.75, 3.05) is 18.8 Å². The second-order valence-electron chi connectivity index (χ2n) is 6.45. The summed E-state index contributed by atoms with van der Waals surface area (Å²) in [6, 6.07) is 12.0. The molecule has 2 aromatic rings. The maximum absolute atomic E-state index is 12.5. The van der Waals surface area contributed by atoms with Crippen LogP contribution in [0.15, 0.2) is 46.7 Å². The summed E-state index contributed by atoms with van der Waals surface area (Å²) in [6.07, 6.45) is 2.05. The molecule has 0 saturated carbocycles. The van der Waals surface area contributed by atoms with Crippen LogP contribution in [0.2, 0.25) is 0 Å². The molecule has 1 aliphatic rings. The number of benzene rings is 1. The molecule has 1 aromatic heterocycles. The van der Waals surface area contributed by atoms with Crippen LogP contribution in [0.5, 0.6) is 0 Å². The Kier molecular flexibility index (Phi) is 6.74. The van der Waals surface area contributed by atoms with E-state index in [1.165, 1.54) is 10.5 Å². The number of amides is 2. The molecule has 0 aliphatic carbocycles. The molecule has 6 heteroatoms. The highest BCUT2D eigenvalue weighted by Gasteiger charge is 2.33. The lowest BCUT2D eigenvalue weighted by molar-refractivity contribution is -0.137. The number of carbonyl (C=O) groups is 2. The average molecular weight is 389 g/mol. The van der Waals surface area contributed by atoms with E-state index in [1.807, 2.05) is 17.5 Å². The standard InChI is InChI=1S/C20H24N2O2S2/c1-15-6-8-16(9-7-15)26-13-10-21-20(24)18-5-2-11-22(18)19(23)14-17-4-3-12-25-17/h3-4,6-9,12,18H,2,5,10-11,13-14H2,1H3,(H,21,24)/t18-/m0/s1. The molecule has 26 heavy (non-hydrogen) atoms. The summed E-state index contributed by atoms with van der Waals surface area (Å²) in [4.78, 5) is 29.0. The minimum absolute atomic E-state index is 0.0217. The number of thioether (sulfide) groups is 1. The average Bonchev–Trinajstić information content (AvgIpc) is 3.31. The number of thiophene rings is 1. The van der Waals surface area contributed by atoms with Crippen molar-refractivity contribution < 1.29 is 9.59 Å². The number of nitrogens with one attached hydrogen (secondary N) is 1. The zero-order valence-corrected chi connectivity index (χ0v) is 16.6. The predicted octanol–water partition coefficient (Wildman–Crippen LogP) is 3.50. The third kappa shape index (κ3) is 5.11. The molecule has 1 N–H and O–H groups in total. The summed E-state index contributed by atoms with van der Waals surface area (Å²) in [5.74, 6) is 0.857. The molecule has 0 unspecified atom stereocenters. The minimum Gasteiger partial charge on any atom is -0.353 e. The first-order valence-corrected chi connectivity index (χ1v) is 10.8. The van der Waals surface area contributed by atoms with Crippen molar-refractivity contribution in [3.63, 3.8) is 0 Å². The summed E-state index contributed by atoms with van der Waals surface area (Å²) in [7, 11) is 0. The third-order valence-corrected chi connectivity index (χ3v) is 6.36. The van der Waals surface area contributed by atoms with E-state index >= 15 is 0 Å². The lowest BCUT2D eigenvalue weighted by Crippen LogP contribution is -2.46. The van der Waals surface area contributed by atoms with Crippen LogP contribution in [0.3, 0.4) is 0 Å². The van der Waals surface area contributed by atoms with Gasteiger partial charge in [0.25, 0.3) is 0 Å². The Morgan fingerprint density at radius 2 is 2.08 bits per heavy atom. The van der Waals surface area contributed by atoms with Crippen molar-refractivity contribution in [1.29, 1.82) is 0 Å². The highest BCUT2D eigenvalue weighted by molar-refractivity contribution is 7.99. The van der Waals surface area contributed by atoms with Crippen LogP contribution in [0.25, 0.3) is 0 Å². The number of hydrogen-bond acceptors (Lipinski definition) is 4. The zero-order chi connectivity index (χ0) is 18.4. The summed E-state index contributed by atoms with van der Waals surface area (Å²) >= 11 is 3.31. The third-order valence-electron chi connectivity index (χ3n) is 4.47. The number of rotatable bonds is 7. The van der Waals surface area contributed by atoms with Crippen LogP contribution >= 0.6 is 23.1 Å². The first-order valence-electron chi connectivity index (χ1n) is 8.92. The van der Waals surface area contributed by atoms with Crippen molar-refractivity contribution in [2.45, 2.75) is 37.1 Å². The van der Waals surface area contributed by atoms with Gasteiger partial charge >= 0.3 is 0 Å². The quantitative estimate of drug-likeness (QED) is 0.583. The Balaban J connectivity index is 1.44. The summed E-state index contributed by atoms with van der Waals surface area (Å²) in [5.41, 5.74) is 1.25. The molecule has 4 nitrogen and oxygen atoms in total. The SMILES string of the molecule is Cc1ccc(SCCNC(=O)[C@@H]2CCCN2C(=O)Cc2cccs2)cc1. The van der Waals surface area contributed by atoms with E-state index in [0.29, 0.717) is 19.5 Å². The van der Waals surface area contributed by atoms with Gasteiger partial charge in [-0.2, -0.15) is 0 Å². The minimum atomic E-state index is -0.313. The lowest BCUT2D eigenvalue weighted by atomic mass is 10.2. The van der Waals surface area contributed by atoms with Crippen molar-refractivity contribution in [3.05, 3.63) is 52.2 Å². The van der Waals surface area contributed by atoms with Crippen molar-refractivity contribution in [1.82, 2.24) is 10.2 Å². The fraction of sp³-hybridized carbons (Fsp3) is 0.400. The summed E-state index contributed by atoms with van der Waals surface area (Å²) in [6.45, 7) is 3.36. The molecule has 0 radical (unpaired) electrons. The fourth-order valence-corrected chi connectivity index (χ4v) is 4.56. The van der Waals surface area contributed by atoms with Gasteiger partial charge in [0.2, 0.25) is 11.8 Å². The number of likely N-dealkylation sites (tertiary alicyclic amines) is 1. The second kappa shape index (κ2) is 9.24. The van der Waals surface area contributed by atoms with Crippen LogP contribution in [0, 0.1) is 6.92 Å². The highest BCUT2D eigenvalue weighted by atomic mass is 32.2. The number of hydrogen-bond donors (Lipinski definition) is 1. The maximum atomic E-state index is 12.5. The first kappa shape index (κ1) is 19.0. The van der Waals surface area contributed by atoms with Crippen LogP contribution < -0.4 is 5.32 Å². The fourth-order valence-electron chi connectivity index (χ4n) is 3.10. The Hall–Kier alpha value is -1.79. The normalized spacial score (nSPS) is 16.7. The molecule has 0 bridgehead atoms. The zero-order valence-electron chi connectivity index (χ0n) is 14.9. The number of aryl methyl sites for hydroxylation is 1. The molecule has 1 atom stereocenters. The van der Waals surface area contributed by atoms with E-state index in [2.05, 4.69) is 36.5 Å². The van der Waals surface area contributed by atoms with Crippen LogP contribution in [-0.4, -0.2) is 41.6 Å². The molecule has 3 rings (SSSR count). The molecule has 1 fully saturated rings. The summed E-state index contributed by atoms with van der Waals surface area (Å²) in [5, 5.41) is 4.97. The molecule has 138 valence electrons. The van der Waals surface area contributed by atoms with Crippen molar-refractivity contribution >= 4 is 34.9 Å². The predicted molar refractivity (Wildman–Crippen MR) is 108 cm³/mol. The molecular formula is C20H24N2O2S2. The van der Waals surface area contributed by atoms with Gasteiger partial charge in [-0.1, -0.05) is 23.8 Å². The molecule has 1 aliphatic heterocycles. The van der Waals surface area contributed by atoms with Gasteiger partial charge in [0.1, 0.15) is 6.04 Å². The van der Waals surface area contributed by atoms with E-state index in [9.17, 15) is 9.59 Å². The van der Waals surface area contributed by atoms with Gasteiger partial charge < -0.3 is 10.2 Å². The highest BCUT2D eigenvalue weighted by Crippen LogP contribution is 2.21. The molecule has 1 aromatic carbocycles. The lowest BCUT2D eigenvalue weighted by Gasteiger charge is -2.23. The van der Waals surface area contributed by atoms with Gasteiger partial charge in [0.05, 0.1) is 6.42 Å². The molecule has 2 heterocycles. The Bertz CT molecular complexity index is 729. The maximum Gasteiger partial charge on any atom is 0.242 e. The topological polar surface area (TPSA) is 49.4 Å². The van der Waals surface area contributed by atoms with Gasteiger partial charge in [-0.3, -0.25) is 9.59 Å². The van der Waals surface area contributed by atoms with Gasteiger partial charge in [-0.05, 0) is 43.3 Å². The Morgan fingerprint density at radius 3 is 2.81 bits per heavy atom. The first-order chi connectivity index (χ1) is 12.6. The van der Waals surface area contributed by atoms with Crippen LogP contribution in [0.1, 0.15) is 23.3 Å². The van der Waals surface area contributed by atoms with Gasteiger partial charge in [-0.15, -0.1) is 23.1 Å². The molecule has 2 amide bonds. The Morgan fingerprint density at radius 1 is 1.27 bits per heavy atom. The smallest absolute Gasteiger partial charge is 0.242 e. The number of carbonyl (C=O) groups excluding carboxylic acids is 2. The molecule has 0 spiro atoms. The molecular weight excluding hydrogens is 364 g/mol. The largest absolute Gasteiger partial charge is 0.353 e. The second-order valence-corrected chi connectivity index (χ2v) is 8.65. The van der Waals surface area contributed by atoms with Crippen LogP contribution in [0.4, 0.5) is 0 Å². The monoisotopic (exact) mass is 388 g/mol. The van der Waals surface area contributed by atoms with Gasteiger partial charge in [-0.25, -0.2) is 0 Å².